The van der Waals surface area contributed by atoms with Gasteiger partial charge in [0.05, 0.1) is 26.7 Å². The van der Waals surface area contributed by atoms with Gasteiger partial charge in [0.1, 0.15) is 0 Å². The summed E-state index contributed by atoms with van der Waals surface area (Å²) < 4.78 is 16.4. The molecule has 2 aliphatic rings. The van der Waals surface area contributed by atoms with E-state index < -0.39 is 0 Å². The van der Waals surface area contributed by atoms with Gasteiger partial charge in [-0.3, -0.25) is 4.79 Å². The molecule has 2 aliphatic heterocycles. The Labute approximate surface area is 154 Å². The summed E-state index contributed by atoms with van der Waals surface area (Å²) in [6.45, 7) is 4.99. The minimum absolute atomic E-state index is 0.182. The summed E-state index contributed by atoms with van der Waals surface area (Å²) in [5, 5.41) is 0. The van der Waals surface area contributed by atoms with Crippen LogP contribution in [-0.2, 0) is 4.74 Å². The van der Waals surface area contributed by atoms with Crippen LogP contribution in [0.15, 0.2) is 23.2 Å². The Balaban J connectivity index is 1.76. The first kappa shape index (κ1) is 18.5. The van der Waals surface area contributed by atoms with Gasteiger partial charge < -0.3 is 24.0 Å². The molecular weight excluding hydrogens is 334 g/mol. The monoisotopic (exact) mass is 362 g/mol. The van der Waals surface area contributed by atoms with Crippen LogP contribution in [0.2, 0.25) is 0 Å². The van der Waals surface area contributed by atoms with Crippen molar-refractivity contribution in [3.63, 3.8) is 0 Å². The quantitative estimate of drug-likeness (QED) is 0.638. The van der Waals surface area contributed by atoms with E-state index >= 15 is 0 Å². The van der Waals surface area contributed by atoms with E-state index in [4.69, 9.17) is 14.2 Å². The van der Waals surface area contributed by atoms with Gasteiger partial charge in [0.2, 0.25) is 6.79 Å². The van der Waals surface area contributed by atoms with Gasteiger partial charge in [0.25, 0.3) is 11.9 Å². The second-order valence-electron chi connectivity index (χ2n) is 6.92. The van der Waals surface area contributed by atoms with Crippen molar-refractivity contribution in [2.24, 2.45) is 4.99 Å². The number of quaternary nitrogens is 1. The molecule has 0 atom stereocenters. The maximum atomic E-state index is 12.7. The van der Waals surface area contributed by atoms with Gasteiger partial charge in [-0.2, -0.15) is 4.99 Å². The highest BCUT2D eigenvalue weighted by Gasteiger charge is 2.26. The van der Waals surface area contributed by atoms with Gasteiger partial charge >= 0.3 is 0 Å². The average Bonchev–Trinajstić information content (AvgIpc) is 3.12. The normalized spacial score (nSPS) is 22.2. The summed E-state index contributed by atoms with van der Waals surface area (Å²) >= 11 is 0. The van der Waals surface area contributed by atoms with Crippen molar-refractivity contribution >= 4 is 11.9 Å². The Kier molecular flexibility index (Phi) is 5.98. The molecule has 1 N–H and O–H groups in total. The second-order valence-corrected chi connectivity index (χ2v) is 6.92. The molecule has 0 bridgehead atoms. The van der Waals surface area contributed by atoms with Gasteiger partial charge in [-0.25, -0.2) is 0 Å². The Morgan fingerprint density at radius 2 is 2.04 bits per heavy atom. The van der Waals surface area contributed by atoms with Gasteiger partial charge in [-0.1, -0.05) is 6.92 Å². The molecule has 2 heterocycles. The maximum absolute atomic E-state index is 12.7. The number of likely N-dealkylation sites (tertiary alicyclic amines) is 1. The van der Waals surface area contributed by atoms with Crippen molar-refractivity contribution in [3.05, 3.63) is 23.8 Å². The van der Waals surface area contributed by atoms with Crippen molar-refractivity contribution in [2.75, 3.05) is 40.6 Å². The standard InChI is InChI=1S/C19H27N3O4/c1-4-11-24-19(22(3)15-7-9-21(2)10-8-15)20-18(23)14-5-6-16-17(12-14)26-13-25-16/h5-6,12,15H,4,7-11,13H2,1-3H3/p+1. The van der Waals surface area contributed by atoms with E-state index in [0.29, 0.717) is 35.7 Å². The zero-order valence-corrected chi connectivity index (χ0v) is 15.8. The lowest BCUT2D eigenvalue weighted by molar-refractivity contribution is -0.885. The molecule has 1 saturated heterocycles. The molecule has 7 nitrogen and oxygen atoms in total. The first-order valence-corrected chi connectivity index (χ1v) is 9.28. The zero-order valence-electron chi connectivity index (χ0n) is 15.8. The Morgan fingerprint density at radius 1 is 1.31 bits per heavy atom. The van der Waals surface area contributed by atoms with Crippen molar-refractivity contribution in [3.8, 4) is 11.5 Å². The fourth-order valence-corrected chi connectivity index (χ4v) is 3.23. The number of amides is 1. The lowest BCUT2D eigenvalue weighted by Crippen LogP contribution is -3.10. The average molecular weight is 362 g/mol. The third kappa shape index (κ3) is 4.27. The zero-order chi connectivity index (χ0) is 18.5. The van der Waals surface area contributed by atoms with Crippen LogP contribution in [0.5, 0.6) is 11.5 Å². The molecule has 1 amide bonds. The molecule has 0 unspecified atom stereocenters. The van der Waals surface area contributed by atoms with Crippen LogP contribution < -0.4 is 14.4 Å². The number of fused-ring (bicyclic) bond motifs is 1. The van der Waals surface area contributed by atoms with E-state index in [2.05, 4.69) is 12.0 Å². The number of nitrogens with zero attached hydrogens (tertiary/aromatic N) is 2. The summed E-state index contributed by atoms with van der Waals surface area (Å²) in [6, 6.07) is 5.86. The van der Waals surface area contributed by atoms with E-state index in [1.54, 1.807) is 23.1 Å². The molecule has 0 aromatic heterocycles. The summed E-state index contributed by atoms with van der Waals surface area (Å²) in [6.07, 6.45) is 2.99. The molecule has 3 rings (SSSR count). The fourth-order valence-electron chi connectivity index (χ4n) is 3.23. The molecule has 1 aromatic rings. The minimum atomic E-state index is -0.334. The van der Waals surface area contributed by atoms with Crippen molar-refractivity contribution in [1.29, 1.82) is 0 Å². The topological polar surface area (TPSA) is 64.8 Å². The third-order valence-corrected chi connectivity index (χ3v) is 4.91. The summed E-state index contributed by atoms with van der Waals surface area (Å²) in [7, 11) is 4.18. The number of hydrogen-bond acceptors (Lipinski definition) is 4. The van der Waals surface area contributed by atoms with Crippen molar-refractivity contribution < 1.29 is 23.9 Å². The van der Waals surface area contributed by atoms with Crippen LogP contribution in [0.25, 0.3) is 0 Å². The van der Waals surface area contributed by atoms with Gasteiger partial charge in [0, 0.05) is 31.5 Å². The highest BCUT2D eigenvalue weighted by Crippen LogP contribution is 2.32. The number of benzene rings is 1. The Morgan fingerprint density at radius 3 is 2.77 bits per heavy atom. The number of ether oxygens (including phenoxy) is 3. The maximum Gasteiger partial charge on any atom is 0.295 e. The largest absolute Gasteiger partial charge is 0.465 e. The smallest absolute Gasteiger partial charge is 0.295 e. The van der Waals surface area contributed by atoms with E-state index in [0.717, 1.165) is 32.4 Å². The molecule has 0 aliphatic carbocycles. The van der Waals surface area contributed by atoms with E-state index in [1.807, 2.05) is 18.9 Å². The van der Waals surface area contributed by atoms with Crippen LogP contribution >= 0.6 is 0 Å². The van der Waals surface area contributed by atoms with Gasteiger partial charge in [-0.05, 0) is 24.6 Å². The number of amidine groups is 1. The van der Waals surface area contributed by atoms with E-state index in [-0.39, 0.29) is 12.7 Å². The van der Waals surface area contributed by atoms with Gasteiger partial charge in [-0.15, -0.1) is 0 Å². The molecule has 0 radical (unpaired) electrons. The Hall–Kier alpha value is -2.28. The number of hydrogen-bond donors (Lipinski definition) is 1. The molecule has 1 fully saturated rings. The lowest BCUT2D eigenvalue weighted by Gasteiger charge is -2.34. The van der Waals surface area contributed by atoms with Crippen molar-refractivity contribution in [1.82, 2.24) is 4.90 Å². The molecular formula is C19H28N3O4+. The summed E-state index contributed by atoms with van der Waals surface area (Å²) in [5.41, 5.74) is 0.466. The minimum Gasteiger partial charge on any atom is -0.465 e. The summed E-state index contributed by atoms with van der Waals surface area (Å²) in [4.78, 5) is 20.5. The number of nitrogens with one attached hydrogen (secondary N) is 1. The molecule has 1 aromatic carbocycles. The SMILES string of the molecule is CCCOC(=NC(=O)c1ccc2c(c1)OCO2)N(C)C1CC[NH+](C)CC1. The third-order valence-electron chi connectivity index (χ3n) is 4.91. The molecule has 0 spiro atoms. The van der Waals surface area contributed by atoms with E-state index in [1.165, 1.54) is 0 Å². The molecule has 7 heteroatoms. The number of carbonyl (C=O) groups excluding carboxylic acids is 1. The van der Waals surface area contributed by atoms with Crippen molar-refractivity contribution in [2.45, 2.75) is 32.2 Å². The summed E-state index contributed by atoms with van der Waals surface area (Å²) in [5.74, 6) is 0.896. The highest BCUT2D eigenvalue weighted by molar-refractivity contribution is 6.01. The number of piperidine rings is 1. The van der Waals surface area contributed by atoms with Crippen LogP contribution in [0.3, 0.4) is 0 Å². The predicted molar refractivity (Wildman–Crippen MR) is 98.0 cm³/mol. The highest BCUT2D eigenvalue weighted by atomic mass is 16.7. The predicted octanol–water partition coefficient (Wildman–Crippen LogP) is 0.947. The first-order valence-electron chi connectivity index (χ1n) is 9.28. The van der Waals surface area contributed by atoms with Crippen LogP contribution in [-0.4, -0.2) is 63.5 Å². The van der Waals surface area contributed by atoms with Crippen LogP contribution in [0.4, 0.5) is 0 Å². The number of aliphatic imine (C=N–C) groups is 1. The fraction of sp³-hybridized carbons (Fsp3) is 0.579. The van der Waals surface area contributed by atoms with E-state index in [9.17, 15) is 4.79 Å². The molecule has 0 saturated carbocycles. The molecule has 142 valence electrons. The van der Waals surface area contributed by atoms with Crippen LogP contribution in [0, 0.1) is 0 Å². The molecule has 26 heavy (non-hydrogen) atoms. The van der Waals surface area contributed by atoms with Crippen LogP contribution in [0.1, 0.15) is 36.5 Å². The second kappa shape index (κ2) is 8.40. The van der Waals surface area contributed by atoms with Gasteiger partial charge in [0.15, 0.2) is 11.5 Å². The number of rotatable bonds is 4. The first-order chi connectivity index (χ1) is 12.6. The number of carbonyl (C=O) groups is 1. The lowest BCUT2D eigenvalue weighted by atomic mass is 10.0. The Bertz CT molecular complexity index is 669.